The Labute approximate surface area is 128 Å². The van der Waals surface area contributed by atoms with Gasteiger partial charge in [-0.15, -0.1) is 0 Å². The summed E-state index contributed by atoms with van der Waals surface area (Å²) in [5.74, 6) is 0.312. The number of benzene rings is 2. The van der Waals surface area contributed by atoms with Crippen molar-refractivity contribution in [2.45, 2.75) is 0 Å². The van der Waals surface area contributed by atoms with Crippen LogP contribution in [0.3, 0.4) is 0 Å². The maximum atomic E-state index is 11.6. The second-order valence-electron chi connectivity index (χ2n) is 4.33. The van der Waals surface area contributed by atoms with Crippen molar-refractivity contribution in [1.82, 2.24) is 0 Å². The van der Waals surface area contributed by atoms with Gasteiger partial charge in [-0.25, -0.2) is 4.79 Å². The maximum absolute atomic E-state index is 11.6. The Balaban J connectivity index is 2.32. The number of carbonyl (C=O) groups excluding carboxylic acids is 1. The van der Waals surface area contributed by atoms with Crippen molar-refractivity contribution in [3.63, 3.8) is 0 Å². The van der Waals surface area contributed by atoms with Gasteiger partial charge >= 0.3 is 5.97 Å². The quantitative estimate of drug-likeness (QED) is 0.624. The van der Waals surface area contributed by atoms with Crippen LogP contribution in [0.25, 0.3) is 12.2 Å². The average Bonchev–Trinajstić information content (AvgIpc) is 2.53. The molecule has 0 fully saturated rings. The summed E-state index contributed by atoms with van der Waals surface area (Å²) in [6, 6.07) is 12.6. The zero-order valence-electron chi connectivity index (χ0n) is 11.8. The third kappa shape index (κ3) is 3.86. The van der Waals surface area contributed by atoms with Crippen LogP contribution in [0.1, 0.15) is 21.5 Å². The molecule has 0 aliphatic heterocycles. The van der Waals surface area contributed by atoms with Crippen molar-refractivity contribution in [3.8, 4) is 5.75 Å². The summed E-state index contributed by atoms with van der Waals surface area (Å²) in [4.78, 5) is 11.6. The summed E-state index contributed by atoms with van der Waals surface area (Å²) in [6.07, 6.45) is 3.81. The first-order chi connectivity index (χ1) is 10.1. The zero-order valence-corrected chi connectivity index (χ0v) is 12.6. The molecule has 3 nitrogen and oxygen atoms in total. The van der Waals surface area contributed by atoms with Gasteiger partial charge in [-0.3, -0.25) is 0 Å². The summed E-state index contributed by atoms with van der Waals surface area (Å²) in [5, 5.41) is 0.692. The lowest BCUT2D eigenvalue weighted by Gasteiger charge is -2.07. The van der Waals surface area contributed by atoms with Crippen molar-refractivity contribution in [2.75, 3.05) is 14.2 Å². The number of esters is 1. The van der Waals surface area contributed by atoms with Gasteiger partial charge in [0.05, 0.1) is 19.8 Å². The number of halogens is 1. The number of hydrogen-bond donors (Lipinski definition) is 0. The van der Waals surface area contributed by atoms with E-state index in [4.69, 9.17) is 21.1 Å². The molecule has 2 rings (SSSR count). The molecule has 0 aliphatic rings. The third-order valence-electron chi connectivity index (χ3n) is 2.98. The highest BCUT2D eigenvalue weighted by atomic mass is 35.5. The van der Waals surface area contributed by atoms with E-state index in [0.29, 0.717) is 16.3 Å². The first kappa shape index (κ1) is 15.1. The van der Waals surface area contributed by atoms with Gasteiger partial charge in [-0.1, -0.05) is 35.9 Å². The zero-order chi connectivity index (χ0) is 15.2. The van der Waals surface area contributed by atoms with Crippen LogP contribution in [0.15, 0.2) is 42.5 Å². The molecule has 0 unspecified atom stereocenters. The Kier molecular flexibility index (Phi) is 5.01. The van der Waals surface area contributed by atoms with Gasteiger partial charge in [0, 0.05) is 10.6 Å². The smallest absolute Gasteiger partial charge is 0.337 e. The lowest BCUT2D eigenvalue weighted by molar-refractivity contribution is 0.0600. The summed E-state index contributed by atoms with van der Waals surface area (Å²) >= 11 is 5.85. The second-order valence-corrected chi connectivity index (χ2v) is 4.77. The van der Waals surface area contributed by atoms with E-state index >= 15 is 0 Å². The van der Waals surface area contributed by atoms with E-state index in [1.165, 1.54) is 7.11 Å². The van der Waals surface area contributed by atoms with E-state index in [0.717, 1.165) is 11.1 Å². The molecule has 0 aromatic heterocycles. The summed E-state index contributed by atoms with van der Waals surface area (Å²) in [7, 11) is 2.95. The monoisotopic (exact) mass is 302 g/mol. The molecule has 0 heterocycles. The maximum Gasteiger partial charge on any atom is 0.337 e. The van der Waals surface area contributed by atoms with Gasteiger partial charge < -0.3 is 9.47 Å². The van der Waals surface area contributed by atoms with E-state index in [-0.39, 0.29) is 5.97 Å². The number of methoxy groups -OCH3 is 2. The molecule has 0 amide bonds. The fourth-order valence-corrected chi connectivity index (χ4v) is 2.00. The predicted molar refractivity (Wildman–Crippen MR) is 84.7 cm³/mol. The fourth-order valence-electron chi connectivity index (χ4n) is 1.87. The molecule has 0 saturated heterocycles. The van der Waals surface area contributed by atoms with Gasteiger partial charge in [0.15, 0.2) is 0 Å². The Morgan fingerprint density at radius 2 is 1.76 bits per heavy atom. The van der Waals surface area contributed by atoms with Crippen molar-refractivity contribution in [1.29, 1.82) is 0 Å². The summed E-state index contributed by atoms with van der Waals surface area (Å²) in [5.41, 5.74) is 2.29. The van der Waals surface area contributed by atoms with E-state index < -0.39 is 0 Å². The largest absolute Gasteiger partial charge is 0.496 e. The fraction of sp³-hybridized carbons (Fsp3) is 0.118. The minimum Gasteiger partial charge on any atom is -0.496 e. The van der Waals surface area contributed by atoms with E-state index in [2.05, 4.69) is 0 Å². The molecule has 108 valence electrons. The van der Waals surface area contributed by atoms with Gasteiger partial charge in [-0.2, -0.15) is 0 Å². The minimum absolute atomic E-state index is 0.376. The molecule has 0 N–H and O–H groups in total. The van der Waals surface area contributed by atoms with Crippen LogP contribution in [-0.4, -0.2) is 20.2 Å². The SMILES string of the molecule is COC(=O)c1ccc(OC)c(C=Cc2ccc(Cl)cc2)c1. The first-order valence-corrected chi connectivity index (χ1v) is 6.72. The molecular weight excluding hydrogens is 288 g/mol. The molecule has 21 heavy (non-hydrogen) atoms. The van der Waals surface area contributed by atoms with Crippen molar-refractivity contribution >= 4 is 29.7 Å². The van der Waals surface area contributed by atoms with Gasteiger partial charge in [0.25, 0.3) is 0 Å². The molecule has 2 aromatic carbocycles. The number of rotatable bonds is 4. The highest BCUT2D eigenvalue weighted by Gasteiger charge is 2.08. The lowest BCUT2D eigenvalue weighted by Crippen LogP contribution is -2.01. The van der Waals surface area contributed by atoms with E-state index in [1.807, 2.05) is 36.4 Å². The summed E-state index contributed by atoms with van der Waals surface area (Å²) in [6.45, 7) is 0. The molecule has 0 bridgehead atoms. The van der Waals surface area contributed by atoms with Crippen LogP contribution >= 0.6 is 11.6 Å². The molecule has 0 spiro atoms. The number of hydrogen-bond acceptors (Lipinski definition) is 3. The van der Waals surface area contributed by atoms with Crippen LogP contribution < -0.4 is 4.74 Å². The van der Waals surface area contributed by atoms with Crippen molar-refractivity contribution < 1.29 is 14.3 Å². The Morgan fingerprint density at radius 3 is 2.38 bits per heavy atom. The van der Waals surface area contributed by atoms with Crippen LogP contribution in [0.2, 0.25) is 5.02 Å². The van der Waals surface area contributed by atoms with E-state index in [9.17, 15) is 4.79 Å². The van der Waals surface area contributed by atoms with Gasteiger partial charge in [0.1, 0.15) is 5.75 Å². The molecule has 0 saturated carbocycles. The van der Waals surface area contributed by atoms with Gasteiger partial charge in [-0.05, 0) is 35.9 Å². The molecule has 2 aromatic rings. The Morgan fingerprint density at radius 1 is 1.05 bits per heavy atom. The topological polar surface area (TPSA) is 35.5 Å². The second kappa shape index (κ2) is 6.95. The molecular formula is C17H15ClO3. The Hall–Kier alpha value is -2.26. The van der Waals surface area contributed by atoms with Crippen LogP contribution in [0.5, 0.6) is 5.75 Å². The number of carbonyl (C=O) groups is 1. The molecule has 0 atom stereocenters. The normalized spacial score (nSPS) is 10.6. The highest BCUT2D eigenvalue weighted by Crippen LogP contribution is 2.23. The molecule has 4 heteroatoms. The predicted octanol–water partition coefficient (Wildman–Crippen LogP) is 4.31. The molecule has 0 aliphatic carbocycles. The van der Waals surface area contributed by atoms with Gasteiger partial charge in [0.2, 0.25) is 0 Å². The average molecular weight is 303 g/mol. The molecule has 0 radical (unpaired) electrons. The van der Waals surface area contributed by atoms with Crippen LogP contribution in [0.4, 0.5) is 0 Å². The van der Waals surface area contributed by atoms with Crippen molar-refractivity contribution in [3.05, 3.63) is 64.2 Å². The van der Waals surface area contributed by atoms with Crippen LogP contribution in [0, 0.1) is 0 Å². The first-order valence-electron chi connectivity index (χ1n) is 6.34. The van der Waals surface area contributed by atoms with Crippen LogP contribution in [-0.2, 0) is 4.74 Å². The minimum atomic E-state index is -0.376. The van der Waals surface area contributed by atoms with Crippen molar-refractivity contribution in [2.24, 2.45) is 0 Å². The lowest BCUT2D eigenvalue weighted by atomic mass is 10.1. The standard InChI is InChI=1S/C17H15ClO3/c1-20-16-10-7-14(17(19)21-2)11-13(16)6-3-12-4-8-15(18)9-5-12/h3-11H,1-2H3. The summed E-state index contributed by atoms with van der Waals surface area (Å²) < 4.78 is 10.0. The number of ether oxygens (including phenoxy) is 2. The highest BCUT2D eigenvalue weighted by molar-refractivity contribution is 6.30. The van der Waals surface area contributed by atoms with E-state index in [1.54, 1.807) is 25.3 Å². The third-order valence-corrected chi connectivity index (χ3v) is 3.23. The Bertz CT molecular complexity index is 660.